The van der Waals surface area contributed by atoms with Crippen LogP contribution in [-0.4, -0.2) is 34.7 Å². The summed E-state index contributed by atoms with van der Waals surface area (Å²) in [5, 5.41) is 7.90. The van der Waals surface area contributed by atoms with Gasteiger partial charge in [0.1, 0.15) is 11.3 Å². The number of rotatable bonds is 4. The van der Waals surface area contributed by atoms with E-state index in [1.807, 2.05) is 37.4 Å². The molecule has 1 aromatic heterocycles. The van der Waals surface area contributed by atoms with Gasteiger partial charge in [-0.2, -0.15) is 0 Å². The second kappa shape index (κ2) is 9.02. The van der Waals surface area contributed by atoms with E-state index in [9.17, 15) is 19.2 Å². The molecular weight excluding hydrogens is 544 g/mol. The van der Waals surface area contributed by atoms with Crippen LogP contribution < -0.4 is 20.3 Å². The zero-order valence-electron chi connectivity index (χ0n) is 22.2. The SMILES string of the molecule is CC(=O)Oc1ccc(N2C(=O)[C@H]3[C@@H](C2=O)[C@@]2(N[C@@H]3Cc3c[nH]c4ccccc34)C(=O)Nc3c(C)cc(Cl)cc32)cc1. The molecule has 4 atom stereocenters. The predicted octanol–water partition coefficient (Wildman–Crippen LogP) is 4.22. The molecule has 10 heteroatoms. The molecule has 2 fully saturated rings. The van der Waals surface area contributed by atoms with E-state index in [4.69, 9.17) is 16.3 Å². The van der Waals surface area contributed by atoms with Crippen LogP contribution in [0.2, 0.25) is 5.02 Å². The number of carbonyl (C=O) groups excluding carboxylic acids is 4. The summed E-state index contributed by atoms with van der Waals surface area (Å²) in [4.78, 5) is 58.1. The lowest BCUT2D eigenvalue weighted by Crippen LogP contribution is -2.53. The maximum Gasteiger partial charge on any atom is 0.308 e. The fourth-order valence-corrected chi connectivity index (χ4v) is 7.10. The number of para-hydroxylation sites is 1. The van der Waals surface area contributed by atoms with Crippen molar-refractivity contribution in [2.75, 3.05) is 10.2 Å². The Kier molecular flexibility index (Phi) is 5.61. The summed E-state index contributed by atoms with van der Waals surface area (Å²) in [6, 6.07) is 17.0. The first-order chi connectivity index (χ1) is 19.7. The van der Waals surface area contributed by atoms with Gasteiger partial charge in [-0.05, 0) is 66.9 Å². The number of hydrogen-bond acceptors (Lipinski definition) is 6. The van der Waals surface area contributed by atoms with Gasteiger partial charge in [0.25, 0.3) is 0 Å². The highest BCUT2D eigenvalue weighted by Crippen LogP contribution is 2.55. The van der Waals surface area contributed by atoms with Gasteiger partial charge < -0.3 is 15.0 Å². The number of esters is 1. The molecule has 3 amide bonds. The monoisotopic (exact) mass is 568 g/mol. The molecule has 9 nitrogen and oxygen atoms in total. The Labute approximate surface area is 239 Å². The normalized spacial score (nSPS) is 24.7. The Balaban J connectivity index is 1.35. The minimum atomic E-state index is -1.48. The molecule has 206 valence electrons. The van der Waals surface area contributed by atoms with Crippen LogP contribution in [0.3, 0.4) is 0 Å². The van der Waals surface area contributed by atoms with Crippen molar-refractivity contribution in [2.24, 2.45) is 11.8 Å². The fourth-order valence-electron chi connectivity index (χ4n) is 6.83. The average Bonchev–Trinajstić information content (AvgIpc) is 3.64. The maximum atomic E-state index is 14.3. The summed E-state index contributed by atoms with van der Waals surface area (Å²) in [6.45, 7) is 3.14. The van der Waals surface area contributed by atoms with Crippen molar-refractivity contribution in [1.82, 2.24) is 10.3 Å². The summed E-state index contributed by atoms with van der Waals surface area (Å²) in [5.74, 6) is -3.26. The first-order valence-electron chi connectivity index (χ1n) is 13.3. The van der Waals surface area contributed by atoms with Crippen molar-refractivity contribution >= 4 is 57.6 Å². The third-order valence-corrected chi connectivity index (χ3v) is 8.68. The highest BCUT2D eigenvalue weighted by Gasteiger charge is 2.70. The van der Waals surface area contributed by atoms with Crippen molar-refractivity contribution in [3.8, 4) is 5.75 Å². The van der Waals surface area contributed by atoms with Gasteiger partial charge in [0.05, 0.1) is 17.5 Å². The number of aryl methyl sites for hydroxylation is 1. The molecule has 3 N–H and O–H groups in total. The first-order valence-corrected chi connectivity index (χ1v) is 13.7. The molecule has 4 aromatic rings. The number of hydrogen-bond donors (Lipinski definition) is 3. The number of aromatic nitrogens is 1. The molecule has 2 saturated heterocycles. The number of carbonyl (C=O) groups is 4. The van der Waals surface area contributed by atoms with Crippen molar-refractivity contribution < 1.29 is 23.9 Å². The number of imide groups is 1. The van der Waals surface area contributed by atoms with Crippen LogP contribution in [0.25, 0.3) is 10.9 Å². The number of nitrogens with zero attached hydrogens (tertiary/aromatic N) is 1. The Hall–Kier alpha value is -4.47. The van der Waals surface area contributed by atoms with Crippen LogP contribution in [0.1, 0.15) is 23.6 Å². The largest absolute Gasteiger partial charge is 0.427 e. The van der Waals surface area contributed by atoms with E-state index in [0.717, 1.165) is 26.9 Å². The van der Waals surface area contributed by atoms with E-state index in [2.05, 4.69) is 15.6 Å². The molecule has 0 saturated carbocycles. The van der Waals surface area contributed by atoms with Gasteiger partial charge >= 0.3 is 5.97 Å². The van der Waals surface area contributed by atoms with Gasteiger partial charge in [-0.1, -0.05) is 29.8 Å². The minimum absolute atomic E-state index is 0.296. The van der Waals surface area contributed by atoms with Crippen molar-refractivity contribution in [3.05, 3.63) is 88.6 Å². The lowest BCUT2D eigenvalue weighted by molar-refractivity contribution is -0.132. The summed E-state index contributed by atoms with van der Waals surface area (Å²) >= 11 is 6.47. The first kappa shape index (κ1) is 25.5. The molecule has 0 aliphatic carbocycles. The zero-order valence-corrected chi connectivity index (χ0v) is 22.9. The molecule has 7 rings (SSSR count). The molecule has 0 unspecified atom stereocenters. The molecule has 3 aromatic carbocycles. The maximum absolute atomic E-state index is 14.3. The number of halogens is 1. The Morgan fingerprint density at radius 3 is 2.56 bits per heavy atom. The number of benzene rings is 3. The number of ether oxygens (including phenoxy) is 1. The number of aromatic amines is 1. The van der Waals surface area contributed by atoms with Crippen molar-refractivity contribution in [3.63, 3.8) is 0 Å². The van der Waals surface area contributed by atoms with E-state index in [0.29, 0.717) is 34.1 Å². The zero-order chi connectivity index (χ0) is 28.6. The molecule has 1 spiro atoms. The van der Waals surface area contributed by atoms with Crippen LogP contribution in [0.5, 0.6) is 5.75 Å². The Bertz CT molecular complexity index is 1800. The van der Waals surface area contributed by atoms with Gasteiger partial charge in [-0.3, -0.25) is 24.5 Å². The Morgan fingerprint density at radius 1 is 1.05 bits per heavy atom. The number of anilines is 2. The number of amides is 3. The second-order valence-electron chi connectivity index (χ2n) is 10.8. The van der Waals surface area contributed by atoms with Crippen LogP contribution in [-0.2, 0) is 31.1 Å². The van der Waals surface area contributed by atoms with E-state index in [1.165, 1.54) is 19.1 Å². The minimum Gasteiger partial charge on any atom is -0.427 e. The molecular formula is C31H25ClN4O5. The smallest absolute Gasteiger partial charge is 0.308 e. The summed E-state index contributed by atoms with van der Waals surface area (Å²) in [7, 11) is 0. The van der Waals surface area contributed by atoms with Crippen LogP contribution in [0.15, 0.2) is 66.9 Å². The molecule has 4 heterocycles. The highest BCUT2D eigenvalue weighted by atomic mass is 35.5. The topological polar surface area (TPSA) is 121 Å². The second-order valence-corrected chi connectivity index (χ2v) is 11.3. The quantitative estimate of drug-likeness (QED) is 0.193. The van der Waals surface area contributed by atoms with E-state index >= 15 is 0 Å². The molecule has 0 radical (unpaired) electrons. The third kappa shape index (κ3) is 3.66. The predicted molar refractivity (Wildman–Crippen MR) is 153 cm³/mol. The van der Waals surface area contributed by atoms with Gasteiger partial charge in [-0.25, -0.2) is 4.90 Å². The van der Waals surface area contributed by atoms with E-state index < -0.39 is 41.2 Å². The standard InChI is InChI=1S/C31H25ClN4O5/c1-15-11-18(32)13-22-27(15)34-30(40)31(22)26-25(24(35-31)12-17-14-33-23-6-4-3-5-21(17)23)28(38)36(29(26)39)19-7-9-20(10-8-19)41-16(2)37/h3-11,13-14,24-26,33,35H,12H2,1-2H3,(H,34,40)/t24-,25-,26+,31-/m1/s1. The molecule has 3 aliphatic heterocycles. The third-order valence-electron chi connectivity index (χ3n) is 8.46. The van der Waals surface area contributed by atoms with Gasteiger partial charge in [0, 0.05) is 46.3 Å². The number of fused-ring (bicyclic) bond motifs is 5. The van der Waals surface area contributed by atoms with Crippen LogP contribution in [0, 0.1) is 18.8 Å². The summed E-state index contributed by atoms with van der Waals surface area (Å²) < 4.78 is 5.12. The Morgan fingerprint density at radius 2 is 1.80 bits per heavy atom. The fraction of sp³-hybridized carbons (Fsp3) is 0.226. The van der Waals surface area contributed by atoms with Crippen LogP contribution in [0.4, 0.5) is 11.4 Å². The lowest BCUT2D eigenvalue weighted by atomic mass is 9.76. The van der Waals surface area contributed by atoms with Gasteiger partial charge in [0.2, 0.25) is 17.7 Å². The number of nitrogens with one attached hydrogen (secondary N) is 3. The van der Waals surface area contributed by atoms with Gasteiger partial charge in [0.15, 0.2) is 0 Å². The molecule has 41 heavy (non-hydrogen) atoms. The van der Waals surface area contributed by atoms with Crippen molar-refractivity contribution in [2.45, 2.75) is 31.8 Å². The van der Waals surface area contributed by atoms with Gasteiger partial charge in [-0.15, -0.1) is 0 Å². The van der Waals surface area contributed by atoms with E-state index in [1.54, 1.807) is 24.3 Å². The summed E-state index contributed by atoms with van der Waals surface area (Å²) in [6.07, 6.45) is 2.32. The van der Waals surface area contributed by atoms with E-state index in [-0.39, 0.29) is 5.91 Å². The average molecular weight is 569 g/mol. The van der Waals surface area contributed by atoms with Crippen LogP contribution >= 0.6 is 11.6 Å². The number of H-pyrrole nitrogens is 1. The summed E-state index contributed by atoms with van der Waals surface area (Å²) in [5.41, 5.74) is 2.73. The molecule has 3 aliphatic rings. The van der Waals surface area contributed by atoms with Crippen molar-refractivity contribution in [1.29, 1.82) is 0 Å². The highest BCUT2D eigenvalue weighted by molar-refractivity contribution is 6.31. The molecule has 0 bridgehead atoms. The lowest BCUT2D eigenvalue weighted by Gasteiger charge is -2.29.